The molecule has 2 rings (SSSR count). The molecule has 5 heteroatoms. The van der Waals surface area contributed by atoms with Crippen LogP contribution in [0.4, 0.5) is 5.69 Å². The second-order valence-electron chi connectivity index (χ2n) is 3.16. The van der Waals surface area contributed by atoms with E-state index in [0.717, 1.165) is 11.4 Å². The Morgan fingerprint density at radius 2 is 1.93 bits per heavy atom. The van der Waals surface area contributed by atoms with Crippen LogP contribution in [0.25, 0.3) is 5.69 Å². The SMILES string of the molecule is Cc1ccnn1-c1ccc([N+](=O)[O-])cc1. The van der Waals surface area contributed by atoms with Gasteiger partial charge >= 0.3 is 0 Å². The van der Waals surface area contributed by atoms with Gasteiger partial charge < -0.3 is 0 Å². The minimum absolute atomic E-state index is 0.0866. The van der Waals surface area contributed by atoms with Crippen LogP contribution in [0.15, 0.2) is 36.5 Å². The Bertz CT molecular complexity index is 488. The standard InChI is InChI=1S/C10H9N3O2/c1-8-6-7-11-12(8)9-2-4-10(5-3-9)13(14)15/h2-7H,1H3. The first-order valence-electron chi connectivity index (χ1n) is 4.44. The molecule has 0 spiro atoms. The number of nitro groups is 1. The molecule has 1 aromatic carbocycles. The van der Waals surface area contributed by atoms with Crippen LogP contribution >= 0.6 is 0 Å². The van der Waals surface area contributed by atoms with Gasteiger partial charge in [-0.15, -0.1) is 0 Å². The van der Waals surface area contributed by atoms with Crippen molar-refractivity contribution in [2.24, 2.45) is 0 Å². The Hall–Kier alpha value is -2.17. The highest BCUT2D eigenvalue weighted by Gasteiger charge is 2.05. The van der Waals surface area contributed by atoms with E-state index in [4.69, 9.17) is 0 Å². The summed E-state index contributed by atoms with van der Waals surface area (Å²) in [4.78, 5) is 10.0. The van der Waals surface area contributed by atoms with Crippen molar-refractivity contribution >= 4 is 5.69 Å². The zero-order chi connectivity index (χ0) is 10.8. The predicted molar refractivity (Wildman–Crippen MR) is 55.0 cm³/mol. The molecular weight excluding hydrogens is 194 g/mol. The number of aryl methyl sites for hydroxylation is 1. The molecule has 0 N–H and O–H groups in total. The lowest BCUT2D eigenvalue weighted by Gasteiger charge is -2.02. The molecule has 5 nitrogen and oxygen atoms in total. The number of hydrogen-bond donors (Lipinski definition) is 0. The molecule has 0 amide bonds. The Balaban J connectivity index is 2.40. The summed E-state index contributed by atoms with van der Waals surface area (Å²) in [6.45, 7) is 1.93. The number of hydrogen-bond acceptors (Lipinski definition) is 3. The summed E-state index contributed by atoms with van der Waals surface area (Å²) < 4.78 is 1.73. The summed E-state index contributed by atoms with van der Waals surface area (Å²) in [6, 6.07) is 8.17. The van der Waals surface area contributed by atoms with E-state index >= 15 is 0 Å². The molecule has 2 aromatic rings. The summed E-state index contributed by atoms with van der Waals surface area (Å²) in [5.41, 5.74) is 1.90. The minimum Gasteiger partial charge on any atom is -0.258 e. The maximum Gasteiger partial charge on any atom is 0.269 e. The Labute approximate surface area is 86.1 Å². The van der Waals surface area contributed by atoms with Crippen molar-refractivity contribution in [1.82, 2.24) is 9.78 Å². The van der Waals surface area contributed by atoms with Gasteiger partial charge in [0, 0.05) is 24.0 Å². The maximum absolute atomic E-state index is 10.4. The number of nitrogens with zero attached hydrogens (tertiary/aromatic N) is 3. The van der Waals surface area contributed by atoms with Gasteiger partial charge in [-0.1, -0.05) is 0 Å². The Morgan fingerprint density at radius 1 is 1.27 bits per heavy atom. The van der Waals surface area contributed by atoms with Crippen LogP contribution in [-0.4, -0.2) is 14.7 Å². The van der Waals surface area contributed by atoms with E-state index in [1.165, 1.54) is 12.1 Å². The molecular formula is C10H9N3O2. The quantitative estimate of drug-likeness (QED) is 0.554. The van der Waals surface area contributed by atoms with E-state index in [1.54, 1.807) is 23.0 Å². The van der Waals surface area contributed by atoms with Gasteiger partial charge in [0.15, 0.2) is 0 Å². The molecule has 0 aliphatic carbocycles. The van der Waals surface area contributed by atoms with Gasteiger partial charge in [-0.3, -0.25) is 10.1 Å². The lowest BCUT2D eigenvalue weighted by atomic mass is 10.3. The summed E-state index contributed by atoms with van der Waals surface area (Å²) in [7, 11) is 0. The van der Waals surface area contributed by atoms with Gasteiger partial charge in [0.25, 0.3) is 5.69 Å². The second kappa shape index (κ2) is 3.53. The van der Waals surface area contributed by atoms with E-state index < -0.39 is 4.92 Å². The molecule has 0 aliphatic heterocycles. The number of aromatic nitrogens is 2. The van der Waals surface area contributed by atoms with Gasteiger partial charge in [0.05, 0.1) is 10.6 Å². The molecule has 0 saturated carbocycles. The van der Waals surface area contributed by atoms with E-state index in [-0.39, 0.29) is 5.69 Å². The molecule has 0 aliphatic rings. The summed E-state index contributed by atoms with van der Waals surface area (Å²) in [5.74, 6) is 0. The zero-order valence-corrected chi connectivity index (χ0v) is 8.12. The molecule has 76 valence electrons. The highest BCUT2D eigenvalue weighted by molar-refractivity contribution is 5.40. The zero-order valence-electron chi connectivity index (χ0n) is 8.12. The van der Waals surface area contributed by atoms with Crippen molar-refractivity contribution in [3.8, 4) is 5.69 Å². The van der Waals surface area contributed by atoms with Crippen molar-refractivity contribution < 1.29 is 4.92 Å². The van der Waals surface area contributed by atoms with Crippen molar-refractivity contribution in [2.75, 3.05) is 0 Å². The van der Waals surface area contributed by atoms with Crippen LogP contribution in [-0.2, 0) is 0 Å². The molecule has 0 saturated heterocycles. The van der Waals surface area contributed by atoms with E-state index in [1.807, 2.05) is 13.0 Å². The third kappa shape index (κ3) is 1.71. The smallest absolute Gasteiger partial charge is 0.258 e. The van der Waals surface area contributed by atoms with Gasteiger partial charge in [-0.05, 0) is 25.1 Å². The normalized spacial score (nSPS) is 10.2. The topological polar surface area (TPSA) is 61.0 Å². The molecule has 0 atom stereocenters. The first-order valence-corrected chi connectivity index (χ1v) is 4.44. The van der Waals surface area contributed by atoms with E-state index in [9.17, 15) is 10.1 Å². The highest BCUT2D eigenvalue weighted by atomic mass is 16.6. The van der Waals surface area contributed by atoms with Crippen LogP contribution in [0.1, 0.15) is 5.69 Å². The summed E-state index contributed by atoms with van der Waals surface area (Å²) in [5, 5.41) is 14.6. The van der Waals surface area contributed by atoms with Crippen molar-refractivity contribution in [1.29, 1.82) is 0 Å². The maximum atomic E-state index is 10.4. The highest BCUT2D eigenvalue weighted by Crippen LogP contribution is 2.15. The fourth-order valence-electron chi connectivity index (χ4n) is 1.36. The van der Waals surface area contributed by atoms with Gasteiger partial charge in [-0.2, -0.15) is 5.10 Å². The lowest BCUT2D eigenvalue weighted by molar-refractivity contribution is -0.384. The van der Waals surface area contributed by atoms with E-state index in [0.29, 0.717) is 0 Å². The van der Waals surface area contributed by atoms with Crippen molar-refractivity contribution in [3.63, 3.8) is 0 Å². The lowest BCUT2D eigenvalue weighted by Crippen LogP contribution is -1.98. The van der Waals surface area contributed by atoms with Crippen molar-refractivity contribution in [3.05, 3.63) is 52.3 Å². The number of benzene rings is 1. The van der Waals surface area contributed by atoms with Gasteiger partial charge in [0.2, 0.25) is 0 Å². The second-order valence-corrected chi connectivity index (χ2v) is 3.16. The number of rotatable bonds is 2. The molecule has 15 heavy (non-hydrogen) atoms. The Kier molecular flexibility index (Phi) is 2.21. The Morgan fingerprint density at radius 3 is 2.40 bits per heavy atom. The number of non-ortho nitro benzene ring substituents is 1. The van der Waals surface area contributed by atoms with Gasteiger partial charge in [0.1, 0.15) is 0 Å². The van der Waals surface area contributed by atoms with Crippen molar-refractivity contribution in [2.45, 2.75) is 6.92 Å². The monoisotopic (exact) mass is 203 g/mol. The van der Waals surface area contributed by atoms with Crippen LogP contribution in [0.2, 0.25) is 0 Å². The predicted octanol–water partition coefficient (Wildman–Crippen LogP) is 2.09. The molecule has 0 unspecified atom stereocenters. The first kappa shape index (κ1) is 9.39. The number of nitro benzene ring substituents is 1. The fraction of sp³-hybridized carbons (Fsp3) is 0.100. The average molecular weight is 203 g/mol. The average Bonchev–Trinajstić information content (AvgIpc) is 2.65. The third-order valence-electron chi connectivity index (χ3n) is 2.14. The van der Waals surface area contributed by atoms with Crippen LogP contribution in [0.5, 0.6) is 0 Å². The van der Waals surface area contributed by atoms with E-state index in [2.05, 4.69) is 5.10 Å². The summed E-state index contributed by atoms with van der Waals surface area (Å²) in [6.07, 6.45) is 1.69. The fourth-order valence-corrected chi connectivity index (χ4v) is 1.36. The van der Waals surface area contributed by atoms with Crippen LogP contribution in [0.3, 0.4) is 0 Å². The largest absolute Gasteiger partial charge is 0.269 e. The third-order valence-corrected chi connectivity index (χ3v) is 2.14. The molecule has 0 radical (unpaired) electrons. The molecule has 0 bridgehead atoms. The van der Waals surface area contributed by atoms with Crippen LogP contribution in [0, 0.1) is 17.0 Å². The molecule has 1 aromatic heterocycles. The molecule has 0 fully saturated rings. The first-order chi connectivity index (χ1) is 7.18. The van der Waals surface area contributed by atoms with Crippen LogP contribution < -0.4 is 0 Å². The molecule has 1 heterocycles. The minimum atomic E-state index is -0.417. The van der Waals surface area contributed by atoms with Gasteiger partial charge in [-0.25, -0.2) is 4.68 Å². The summed E-state index contributed by atoms with van der Waals surface area (Å²) >= 11 is 0.